The molecule has 1 fully saturated rings. The summed E-state index contributed by atoms with van der Waals surface area (Å²) in [5.74, 6) is 1.97. The fraction of sp³-hybridized carbons (Fsp3) is 0.706. The number of morpholine rings is 1. The van der Waals surface area contributed by atoms with E-state index in [0.29, 0.717) is 11.8 Å². The molecule has 2 rings (SSSR count). The maximum atomic E-state index is 5.40. The molecule has 138 valence electrons. The standard InChI is InChI=1S/C17H30N4OS.HI/c1-14(12-21-5-7-22-8-6-21)10-19-17(18-3)20-11-15(2)16-4-9-23-13-16;/h4,9,13-15H,5-8,10-12H2,1-3H3,(H2,18,19,20);1H. The zero-order valence-corrected chi connectivity index (χ0v) is 18.1. The van der Waals surface area contributed by atoms with Gasteiger partial charge < -0.3 is 15.4 Å². The number of ether oxygens (including phenoxy) is 1. The van der Waals surface area contributed by atoms with E-state index in [4.69, 9.17) is 4.74 Å². The van der Waals surface area contributed by atoms with Crippen LogP contribution in [0.15, 0.2) is 21.8 Å². The normalized spacial score (nSPS) is 18.5. The smallest absolute Gasteiger partial charge is 0.191 e. The lowest BCUT2D eigenvalue weighted by Gasteiger charge is -2.29. The highest BCUT2D eigenvalue weighted by molar-refractivity contribution is 14.0. The van der Waals surface area contributed by atoms with E-state index in [0.717, 1.165) is 51.9 Å². The Labute approximate surface area is 167 Å². The highest BCUT2D eigenvalue weighted by Gasteiger charge is 2.14. The minimum atomic E-state index is 0. The van der Waals surface area contributed by atoms with E-state index < -0.39 is 0 Å². The van der Waals surface area contributed by atoms with Crippen LogP contribution in [0.3, 0.4) is 0 Å². The maximum absolute atomic E-state index is 5.40. The maximum Gasteiger partial charge on any atom is 0.191 e. The fourth-order valence-electron chi connectivity index (χ4n) is 2.70. The van der Waals surface area contributed by atoms with E-state index in [1.165, 1.54) is 5.56 Å². The number of nitrogens with one attached hydrogen (secondary N) is 2. The minimum Gasteiger partial charge on any atom is -0.379 e. The van der Waals surface area contributed by atoms with Gasteiger partial charge in [-0.05, 0) is 34.2 Å². The fourth-order valence-corrected chi connectivity index (χ4v) is 3.49. The summed E-state index contributed by atoms with van der Waals surface area (Å²) in [4.78, 5) is 6.80. The largest absolute Gasteiger partial charge is 0.379 e. The molecular weight excluding hydrogens is 435 g/mol. The molecule has 24 heavy (non-hydrogen) atoms. The van der Waals surface area contributed by atoms with Crippen LogP contribution in [0.4, 0.5) is 0 Å². The quantitative estimate of drug-likeness (QED) is 0.369. The van der Waals surface area contributed by atoms with Gasteiger partial charge in [-0.1, -0.05) is 13.8 Å². The first-order valence-corrected chi connectivity index (χ1v) is 9.40. The lowest BCUT2D eigenvalue weighted by atomic mass is 10.1. The zero-order valence-electron chi connectivity index (χ0n) is 15.0. The molecule has 5 nitrogen and oxygen atoms in total. The van der Waals surface area contributed by atoms with Crippen LogP contribution < -0.4 is 10.6 Å². The number of halogens is 1. The third kappa shape index (κ3) is 7.67. The number of nitrogens with zero attached hydrogens (tertiary/aromatic N) is 2. The molecule has 0 aromatic carbocycles. The SMILES string of the molecule is CN=C(NCC(C)CN1CCOCC1)NCC(C)c1ccsc1.I. The number of hydrogen-bond acceptors (Lipinski definition) is 4. The summed E-state index contributed by atoms with van der Waals surface area (Å²) in [6.07, 6.45) is 0. The van der Waals surface area contributed by atoms with Crippen molar-refractivity contribution < 1.29 is 4.74 Å². The van der Waals surface area contributed by atoms with Crippen molar-refractivity contribution in [2.75, 3.05) is 53.0 Å². The van der Waals surface area contributed by atoms with E-state index in [1.807, 2.05) is 7.05 Å². The Morgan fingerprint density at radius 2 is 2.00 bits per heavy atom. The van der Waals surface area contributed by atoms with Crippen molar-refractivity contribution in [1.29, 1.82) is 0 Å². The molecular formula is C17H31IN4OS. The topological polar surface area (TPSA) is 48.9 Å². The van der Waals surface area contributed by atoms with Gasteiger partial charge in [-0.3, -0.25) is 9.89 Å². The number of hydrogen-bond donors (Lipinski definition) is 2. The minimum absolute atomic E-state index is 0. The van der Waals surface area contributed by atoms with Gasteiger partial charge in [0.25, 0.3) is 0 Å². The van der Waals surface area contributed by atoms with Gasteiger partial charge in [0, 0.05) is 39.8 Å². The first-order valence-electron chi connectivity index (χ1n) is 8.45. The van der Waals surface area contributed by atoms with Gasteiger partial charge in [0.1, 0.15) is 0 Å². The summed E-state index contributed by atoms with van der Waals surface area (Å²) >= 11 is 1.75. The Hall–Kier alpha value is -0.380. The highest BCUT2D eigenvalue weighted by Crippen LogP contribution is 2.16. The average Bonchev–Trinajstić information content (AvgIpc) is 3.10. The molecule has 1 aliphatic heterocycles. The van der Waals surface area contributed by atoms with E-state index in [1.54, 1.807) is 11.3 Å². The third-order valence-electron chi connectivity index (χ3n) is 4.20. The predicted octanol–water partition coefficient (Wildman–Crippen LogP) is 2.60. The van der Waals surface area contributed by atoms with Crippen molar-refractivity contribution in [2.24, 2.45) is 10.9 Å². The molecule has 1 aliphatic rings. The van der Waals surface area contributed by atoms with Gasteiger partial charge in [-0.25, -0.2) is 0 Å². The van der Waals surface area contributed by atoms with E-state index in [9.17, 15) is 0 Å². The molecule has 0 radical (unpaired) electrons. The molecule has 0 spiro atoms. The third-order valence-corrected chi connectivity index (χ3v) is 4.90. The van der Waals surface area contributed by atoms with E-state index in [2.05, 4.69) is 51.2 Å². The Balaban J connectivity index is 0.00000288. The Morgan fingerprint density at radius 3 is 2.62 bits per heavy atom. The summed E-state index contributed by atoms with van der Waals surface area (Å²) in [5, 5.41) is 11.2. The molecule has 2 atom stereocenters. The zero-order chi connectivity index (χ0) is 16.5. The van der Waals surface area contributed by atoms with E-state index >= 15 is 0 Å². The number of rotatable bonds is 7. The van der Waals surface area contributed by atoms with Crippen LogP contribution in [-0.4, -0.2) is 63.8 Å². The number of guanidine groups is 1. The Morgan fingerprint density at radius 1 is 1.29 bits per heavy atom. The summed E-state index contributed by atoms with van der Waals surface area (Å²) < 4.78 is 5.40. The summed E-state index contributed by atoms with van der Waals surface area (Å²) in [6, 6.07) is 2.19. The van der Waals surface area contributed by atoms with Gasteiger partial charge in [0.05, 0.1) is 13.2 Å². The molecule has 2 heterocycles. The molecule has 1 aromatic heterocycles. The first-order chi connectivity index (χ1) is 11.2. The van der Waals surface area contributed by atoms with Crippen LogP contribution >= 0.6 is 35.3 Å². The molecule has 0 aliphatic carbocycles. The molecule has 1 aromatic rings. The predicted molar refractivity (Wildman–Crippen MR) is 114 cm³/mol. The summed E-state index contributed by atoms with van der Waals surface area (Å²) in [7, 11) is 1.83. The van der Waals surface area contributed by atoms with Crippen molar-refractivity contribution in [3.8, 4) is 0 Å². The molecule has 2 N–H and O–H groups in total. The van der Waals surface area contributed by atoms with Crippen molar-refractivity contribution in [3.05, 3.63) is 22.4 Å². The first kappa shape index (κ1) is 21.7. The second kappa shape index (κ2) is 12.1. The van der Waals surface area contributed by atoms with Crippen LogP contribution in [0.25, 0.3) is 0 Å². The van der Waals surface area contributed by atoms with Crippen LogP contribution in [0.1, 0.15) is 25.3 Å². The highest BCUT2D eigenvalue weighted by atomic mass is 127. The van der Waals surface area contributed by atoms with E-state index in [-0.39, 0.29) is 24.0 Å². The van der Waals surface area contributed by atoms with Gasteiger partial charge in [-0.2, -0.15) is 11.3 Å². The number of thiophene rings is 1. The molecule has 0 bridgehead atoms. The number of aliphatic imine (C=N–C) groups is 1. The van der Waals surface area contributed by atoms with Gasteiger partial charge in [0.15, 0.2) is 5.96 Å². The van der Waals surface area contributed by atoms with Crippen molar-refractivity contribution >= 4 is 41.3 Å². The molecule has 0 saturated carbocycles. The molecule has 7 heteroatoms. The lowest BCUT2D eigenvalue weighted by molar-refractivity contribution is 0.0320. The van der Waals surface area contributed by atoms with Crippen molar-refractivity contribution in [1.82, 2.24) is 15.5 Å². The van der Waals surface area contributed by atoms with Gasteiger partial charge in [0.2, 0.25) is 0 Å². The van der Waals surface area contributed by atoms with Crippen molar-refractivity contribution in [3.63, 3.8) is 0 Å². The molecule has 2 unspecified atom stereocenters. The summed E-state index contributed by atoms with van der Waals surface area (Å²) in [5.41, 5.74) is 1.39. The monoisotopic (exact) mass is 466 g/mol. The van der Waals surface area contributed by atoms with Crippen LogP contribution in [-0.2, 0) is 4.74 Å². The second-order valence-electron chi connectivity index (χ2n) is 6.31. The Kier molecular flexibility index (Phi) is 10.9. The lowest BCUT2D eigenvalue weighted by Crippen LogP contribution is -2.44. The average molecular weight is 466 g/mol. The van der Waals surface area contributed by atoms with Crippen molar-refractivity contribution in [2.45, 2.75) is 19.8 Å². The summed E-state index contributed by atoms with van der Waals surface area (Å²) in [6.45, 7) is 11.3. The molecule has 1 saturated heterocycles. The van der Waals surface area contributed by atoms with Crippen LogP contribution in [0, 0.1) is 5.92 Å². The Bertz CT molecular complexity index is 463. The second-order valence-corrected chi connectivity index (χ2v) is 7.09. The van der Waals surface area contributed by atoms with Gasteiger partial charge >= 0.3 is 0 Å². The van der Waals surface area contributed by atoms with Crippen LogP contribution in [0.5, 0.6) is 0 Å². The van der Waals surface area contributed by atoms with Gasteiger partial charge in [-0.15, -0.1) is 24.0 Å². The van der Waals surface area contributed by atoms with Crippen LogP contribution in [0.2, 0.25) is 0 Å². The molecule has 0 amide bonds.